The molecular formula is C20H29BrN4O2. The Morgan fingerprint density at radius 3 is 2.63 bits per heavy atom. The molecule has 0 radical (unpaired) electrons. The van der Waals surface area contributed by atoms with E-state index < -0.39 is 0 Å². The van der Waals surface area contributed by atoms with Gasteiger partial charge in [0.1, 0.15) is 5.82 Å². The van der Waals surface area contributed by atoms with Crippen molar-refractivity contribution in [2.45, 2.75) is 51.5 Å². The van der Waals surface area contributed by atoms with E-state index in [2.05, 4.69) is 43.0 Å². The van der Waals surface area contributed by atoms with Crippen LogP contribution in [-0.2, 0) is 9.59 Å². The molecule has 1 atom stereocenters. The van der Waals surface area contributed by atoms with E-state index in [4.69, 9.17) is 0 Å². The Morgan fingerprint density at radius 2 is 1.96 bits per heavy atom. The minimum Gasteiger partial charge on any atom is -0.339 e. The number of aromatic nitrogens is 1. The van der Waals surface area contributed by atoms with Gasteiger partial charge in [-0.2, -0.15) is 0 Å². The number of nitrogens with zero attached hydrogens (tertiary/aromatic N) is 3. The van der Waals surface area contributed by atoms with Gasteiger partial charge in [0.25, 0.3) is 0 Å². The molecule has 0 bridgehead atoms. The summed E-state index contributed by atoms with van der Waals surface area (Å²) in [5.74, 6) is 0.845. The summed E-state index contributed by atoms with van der Waals surface area (Å²) < 4.78 is 0.887. The van der Waals surface area contributed by atoms with Crippen molar-refractivity contribution in [3.8, 4) is 0 Å². The van der Waals surface area contributed by atoms with E-state index in [1.54, 1.807) is 12.3 Å². The van der Waals surface area contributed by atoms with E-state index in [0.29, 0.717) is 18.4 Å². The van der Waals surface area contributed by atoms with Gasteiger partial charge >= 0.3 is 0 Å². The molecule has 2 aliphatic heterocycles. The van der Waals surface area contributed by atoms with Crippen LogP contribution in [-0.4, -0.2) is 58.8 Å². The van der Waals surface area contributed by atoms with Crippen molar-refractivity contribution < 1.29 is 9.59 Å². The van der Waals surface area contributed by atoms with E-state index in [9.17, 15) is 9.59 Å². The molecule has 6 nitrogen and oxygen atoms in total. The lowest BCUT2D eigenvalue weighted by atomic mass is 9.95. The summed E-state index contributed by atoms with van der Waals surface area (Å²) >= 11 is 3.34. The predicted molar refractivity (Wildman–Crippen MR) is 109 cm³/mol. The summed E-state index contributed by atoms with van der Waals surface area (Å²) in [5, 5.41) is 2.89. The van der Waals surface area contributed by atoms with E-state index >= 15 is 0 Å². The average molecular weight is 437 g/mol. The highest BCUT2D eigenvalue weighted by atomic mass is 79.9. The van der Waals surface area contributed by atoms with Crippen LogP contribution in [0.3, 0.4) is 0 Å². The topological polar surface area (TPSA) is 65.5 Å². The third-order valence-corrected chi connectivity index (χ3v) is 6.18. The monoisotopic (exact) mass is 436 g/mol. The van der Waals surface area contributed by atoms with Crippen molar-refractivity contribution >= 4 is 33.6 Å². The first-order chi connectivity index (χ1) is 13.1. The fourth-order valence-corrected chi connectivity index (χ4v) is 4.30. The van der Waals surface area contributed by atoms with Gasteiger partial charge in [0.05, 0.1) is 6.54 Å². The van der Waals surface area contributed by atoms with Gasteiger partial charge in [-0.25, -0.2) is 4.98 Å². The number of carbonyl (C=O) groups is 2. The van der Waals surface area contributed by atoms with Crippen LogP contribution in [0.2, 0.25) is 0 Å². The van der Waals surface area contributed by atoms with Crippen LogP contribution in [0.15, 0.2) is 22.8 Å². The Labute approximate surface area is 169 Å². The summed E-state index contributed by atoms with van der Waals surface area (Å²) in [6, 6.07) is 4.06. The zero-order valence-corrected chi connectivity index (χ0v) is 17.6. The molecule has 2 fully saturated rings. The molecule has 1 unspecified atom stereocenters. The number of hydrogen-bond acceptors (Lipinski definition) is 4. The molecule has 0 aromatic carbocycles. The van der Waals surface area contributed by atoms with Crippen LogP contribution in [0.1, 0.15) is 45.4 Å². The lowest BCUT2D eigenvalue weighted by Crippen LogP contribution is -2.49. The highest BCUT2D eigenvalue weighted by Gasteiger charge is 2.29. The maximum atomic E-state index is 12.7. The highest BCUT2D eigenvalue weighted by molar-refractivity contribution is 9.10. The van der Waals surface area contributed by atoms with Gasteiger partial charge < -0.3 is 10.2 Å². The number of nitrogens with one attached hydrogen (secondary N) is 1. The molecular weight excluding hydrogens is 408 g/mol. The molecule has 0 aliphatic carbocycles. The van der Waals surface area contributed by atoms with Gasteiger partial charge in [0.2, 0.25) is 11.8 Å². The lowest BCUT2D eigenvalue weighted by Gasteiger charge is -2.38. The highest BCUT2D eigenvalue weighted by Crippen LogP contribution is 2.22. The Morgan fingerprint density at radius 1 is 1.19 bits per heavy atom. The van der Waals surface area contributed by atoms with Crippen molar-refractivity contribution in [1.29, 1.82) is 0 Å². The normalized spacial score (nSPS) is 21.9. The number of anilines is 1. The molecule has 3 heterocycles. The number of hydrogen-bond donors (Lipinski definition) is 1. The zero-order chi connectivity index (χ0) is 19.2. The summed E-state index contributed by atoms with van der Waals surface area (Å²) in [6.07, 6.45) is 7.77. The maximum Gasteiger partial charge on any atom is 0.236 e. The third-order valence-electron chi connectivity index (χ3n) is 5.71. The van der Waals surface area contributed by atoms with E-state index in [0.717, 1.165) is 56.2 Å². The van der Waals surface area contributed by atoms with Crippen molar-refractivity contribution in [3.05, 3.63) is 22.8 Å². The van der Waals surface area contributed by atoms with Gasteiger partial charge in [0.15, 0.2) is 0 Å². The Balaban J connectivity index is 1.44. The summed E-state index contributed by atoms with van der Waals surface area (Å²) in [7, 11) is 0. The van der Waals surface area contributed by atoms with Gasteiger partial charge in [-0.3, -0.25) is 14.5 Å². The van der Waals surface area contributed by atoms with Crippen LogP contribution in [0.25, 0.3) is 0 Å². The van der Waals surface area contributed by atoms with Crippen molar-refractivity contribution in [2.24, 2.45) is 5.92 Å². The van der Waals surface area contributed by atoms with Crippen LogP contribution in [0.5, 0.6) is 0 Å². The molecule has 1 aromatic heterocycles. The smallest absolute Gasteiger partial charge is 0.236 e. The predicted octanol–water partition coefficient (Wildman–Crippen LogP) is 3.29. The molecule has 2 aliphatic rings. The lowest BCUT2D eigenvalue weighted by molar-refractivity contribution is -0.136. The minimum atomic E-state index is -0.0137. The first-order valence-electron chi connectivity index (χ1n) is 10.0. The standard InChI is InChI=1S/C20H29BrN4O2/c1-2-17-5-3-4-10-25(17)19(26)14-24-11-8-15(9-12-24)20(27)23-18-7-6-16(21)13-22-18/h6-7,13,15,17H,2-5,8-12,14H2,1H3,(H,22,23,27). The third kappa shape index (κ3) is 5.51. The van der Waals surface area contributed by atoms with Gasteiger partial charge in [-0.15, -0.1) is 0 Å². The van der Waals surface area contributed by atoms with Crippen LogP contribution < -0.4 is 5.32 Å². The van der Waals surface area contributed by atoms with Crippen LogP contribution in [0, 0.1) is 5.92 Å². The van der Waals surface area contributed by atoms with E-state index in [-0.39, 0.29) is 17.7 Å². The van der Waals surface area contributed by atoms with Crippen molar-refractivity contribution in [3.63, 3.8) is 0 Å². The SMILES string of the molecule is CCC1CCCCN1C(=O)CN1CCC(C(=O)Nc2ccc(Br)cn2)CC1. The van der Waals surface area contributed by atoms with E-state index in [1.807, 2.05) is 6.07 Å². The zero-order valence-electron chi connectivity index (χ0n) is 16.0. The quantitative estimate of drug-likeness (QED) is 0.768. The summed E-state index contributed by atoms with van der Waals surface area (Å²) in [6.45, 7) is 5.14. The van der Waals surface area contributed by atoms with Crippen LogP contribution >= 0.6 is 15.9 Å². The largest absolute Gasteiger partial charge is 0.339 e. The van der Waals surface area contributed by atoms with Crippen molar-refractivity contribution in [2.75, 3.05) is 31.5 Å². The first-order valence-corrected chi connectivity index (χ1v) is 10.8. The molecule has 0 spiro atoms. The molecule has 27 heavy (non-hydrogen) atoms. The molecule has 2 saturated heterocycles. The molecule has 7 heteroatoms. The number of amides is 2. The summed E-state index contributed by atoms with van der Waals surface area (Å²) in [5.41, 5.74) is 0. The van der Waals surface area contributed by atoms with E-state index in [1.165, 1.54) is 6.42 Å². The number of carbonyl (C=O) groups excluding carboxylic acids is 2. The number of rotatable bonds is 5. The Bertz CT molecular complexity index is 644. The second kappa shape index (κ2) is 9.64. The van der Waals surface area contributed by atoms with Gasteiger partial charge in [-0.1, -0.05) is 6.92 Å². The Hall–Kier alpha value is -1.47. The number of piperidine rings is 2. The summed E-state index contributed by atoms with van der Waals surface area (Å²) in [4.78, 5) is 33.6. The maximum absolute atomic E-state index is 12.7. The van der Waals surface area contributed by atoms with Crippen molar-refractivity contribution in [1.82, 2.24) is 14.8 Å². The van der Waals surface area contributed by atoms with Crippen LogP contribution in [0.4, 0.5) is 5.82 Å². The molecule has 3 rings (SSSR count). The first kappa shape index (κ1) is 20.3. The fraction of sp³-hybridized carbons (Fsp3) is 0.650. The number of likely N-dealkylation sites (tertiary alicyclic amines) is 2. The average Bonchev–Trinajstić information content (AvgIpc) is 2.70. The molecule has 0 saturated carbocycles. The van der Waals surface area contributed by atoms with Gasteiger partial charge in [-0.05, 0) is 79.7 Å². The molecule has 1 N–H and O–H groups in total. The van der Waals surface area contributed by atoms with Gasteiger partial charge in [0, 0.05) is 29.2 Å². The molecule has 148 valence electrons. The number of halogens is 1. The Kier molecular flexibility index (Phi) is 7.24. The molecule has 1 aromatic rings. The fourth-order valence-electron chi connectivity index (χ4n) is 4.07. The second-order valence-electron chi connectivity index (χ2n) is 7.55. The number of pyridine rings is 1. The molecule has 2 amide bonds. The second-order valence-corrected chi connectivity index (χ2v) is 8.46. The minimum absolute atomic E-state index is 0.0137.